The second-order valence-corrected chi connectivity index (χ2v) is 5.75. The first-order valence-electron chi connectivity index (χ1n) is 6.84. The molecule has 0 saturated heterocycles. The van der Waals surface area contributed by atoms with Crippen LogP contribution in [0.2, 0.25) is 0 Å². The van der Waals surface area contributed by atoms with E-state index in [0.29, 0.717) is 6.54 Å². The molecule has 0 fully saturated rings. The lowest BCUT2D eigenvalue weighted by molar-refractivity contribution is 0.252. The number of hydrogen-bond donors (Lipinski definition) is 2. The van der Waals surface area contributed by atoms with Crippen molar-refractivity contribution in [3.05, 3.63) is 71.0 Å². The van der Waals surface area contributed by atoms with E-state index in [1.54, 1.807) is 12.4 Å². The summed E-state index contributed by atoms with van der Waals surface area (Å²) in [5.41, 5.74) is 1.81. The van der Waals surface area contributed by atoms with Gasteiger partial charge >= 0.3 is 6.03 Å². The van der Waals surface area contributed by atoms with Crippen molar-refractivity contribution in [2.24, 2.45) is 0 Å². The second kappa shape index (κ2) is 6.58. The van der Waals surface area contributed by atoms with Crippen LogP contribution in [0.1, 0.15) is 5.56 Å². The number of pyridine rings is 1. The number of nitrogens with one attached hydrogen (secondary N) is 2. The fourth-order valence-electron chi connectivity index (χ4n) is 2.18. The maximum atomic E-state index is 12.0. The van der Waals surface area contributed by atoms with Gasteiger partial charge in [0.1, 0.15) is 0 Å². The van der Waals surface area contributed by atoms with Crippen molar-refractivity contribution in [2.45, 2.75) is 6.54 Å². The fraction of sp³-hybridized carbons (Fsp3) is 0.0588. The van der Waals surface area contributed by atoms with E-state index in [9.17, 15) is 4.79 Å². The molecule has 2 aromatic carbocycles. The van der Waals surface area contributed by atoms with E-state index in [4.69, 9.17) is 0 Å². The summed E-state index contributed by atoms with van der Waals surface area (Å²) >= 11 is 3.39. The molecule has 110 valence electrons. The van der Waals surface area contributed by atoms with Crippen LogP contribution in [0.25, 0.3) is 10.8 Å². The fourth-order valence-corrected chi connectivity index (χ4v) is 2.45. The number of hydrogen-bond acceptors (Lipinski definition) is 2. The molecular weight excluding hydrogens is 342 g/mol. The number of amides is 2. The molecule has 0 unspecified atom stereocenters. The van der Waals surface area contributed by atoms with Gasteiger partial charge in [-0.05, 0) is 29.8 Å². The SMILES string of the molecule is O=C(NCc1ccc(Br)cc1)Nc1cccc2cnccc12. The molecule has 0 radical (unpaired) electrons. The average molecular weight is 356 g/mol. The molecule has 0 aliphatic heterocycles. The highest BCUT2D eigenvalue weighted by atomic mass is 79.9. The van der Waals surface area contributed by atoms with Gasteiger partial charge in [-0.3, -0.25) is 4.98 Å². The number of carbonyl (C=O) groups is 1. The first-order chi connectivity index (χ1) is 10.7. The minimum absolute atomic E-state index is 0.229. The number of aromatic nitrogens is 1. The quantitative estimate of drug-likeness (QED) is 0.734. The Labute approximate surface area is 136 Å². The Morgan fingerprint density at radius 1 is 1.09 bits per heavy atom. The van der Waals surface area contributed by atoms with Gasteiger partial charge in [0.15, 0.2) is 0 Å². The van der Waals surface area contributed by atoms with Crippen LogP contribution in [0.3, 0.4) is 0 Å². The van der Waals surface area contributed by atoms with Crippen LogP contribution in [0.4, 0.5) is 10.5 Å². The van der Waals surface area contributed by atoms with Crippen molar-refractivity contribution in [3.63, 3.8) is 0 Å². The molecule has 1 aromatic heterocycles. The van der Waals surface area contributed by atoms with Crippen molar-refractivity contribution in [2.75, 3.05) is 5.32 Å². The number of fused-ring (bicyclic) bond motifs is 1. The van der Waals surface area contributed by atoms with E-state index in [1.165, 1.54) is 0 Å². The average Bonchev–Trinajstić information content (AvgIpc) is 2.55. The Balaban J connectivity index is 1.67. The molecule has 3 aromatic rings. The van der Waals surface area contributed by atoms with Gasteiger partial charge in [0, 0.05) is 34.2 Å². The molecule has 1 heterocycles. The Hall–Kier alpha value is -2.40. The van der Waals surface area contributed by atoms with Crippen LogP contribution < -0.4 is 10.6 Å². The standard InChI is InChI=1S/C17H14BrN3O/c18-14-6-4-12(5-7-14)10-20-17(22)21-16-3-1-2-13-11-19-9-8-15(13)16/h1-9,11H,10H2,(H2,20,21,22). The predicted octanol–water partition coefficient (Wildman–Crippen LogP) is 4.32. The monoisotopic (exact) mass is 355 g/mol. The maximum Gasteiger partial charge on any atom is 0.319 e. The topological polar surface area (TPSA) is 54.0 Å². The summed E-state index contributed by atoms with van der Waals surface area (Å²) in [7, 11) is 0. The van der Waals surface area contributed by atoms with Gasteiger partial charge in [0.05, 0.1) is 5.69 Å². The van der Waals surface area contributed by atoms with Crippen LogP contribution in [0.5, 0.6) is 0 Å². The lowest BCUT2D eigenvalue weighted by Gasteiger charge is -2.10. The van der Waals surface area contributed by atoms with Crippen molar-refractivity contribution in [1.82, 2.24) is 10.3 Å². The molecule has 4 nitrogen and oxygen atoms in total. The number of urea groups is 1. The normalized spacial score (nSPS) is 10.4. The van der Waals surface area contributed by atoms with Gasteiger partial charge in [0.25, 0.3) is 0 Å². The third-order valence-electron chi connectivity index (χ3n) is 3.30. The molecule has 0 bridgehead atoms. The summed E-state index contributed by atoms with van der Waals surface area (Å²) < 4.78 is 1.02. The van der Waals surface area contributed by atoms with Crippen LogP contribution >= 0.6 is 15.9 Å². The Bertz CT molecular complexity index is 797. The van der Waals surface area contributed by atoms with Gasteiger partial charge in [-0.25, -0.2) is 4.79 Å². The highest BCUT2D eigenvalue weighted by Crippen LogP contribution is 2.21. The summed E-state index contributed by atoms with van der Waals surface area (Å²) in [5.74, 6) is 0. The van der Waals surface area contributed by atoms with Crippen LogP contribution in [-0.2, 0) is 6.54 Å². The lowest BCUT2D eigenvalue weighted by atomic mass is 10.1. The number of halogens is 1. The molecule has 2 amide bonds. The highest BCUT2D eigenvalue weighted by molar-refractivity contribution is 9.10. The van der Waals surface area contributed by atoms with Gasteiger partial charge in [-0.2, -0.15) is 0 Å². The Kier molecular flexibility index (Phi) is 4.34. The molecule has 0 atom stereocenters. The van der Waals surface area contributed by atoms with E-state index >= 15 is 0 Å². The first kappa shape index (κ1) is 14.5. The van der Waals surface area contributed by atoms with Crippen molar-refractivity contribution in [3.8, 4) is 0 Å². The van der Waals surface area contributed by atoms with E-state index in [1.807, 2.05) is 48.5 Å². The number of carbonyl (C=O) groups excluding carboxylic acids is 1. The summed E-state index contributed by atoms with van der Waals surface area (Å²) in [6.45, 7) is 0.478. The minimum atomic E-state index is -0.229. The molecule has 0 saturated carbocycles. The van der Waals surface area contributed by atoms with Crippen LogP contribution in [0.15, 0.2) is 65.4 Å². The molecule has 0 aliphatic carbocycles. The Morgan fingerprint density at radius 2 is 1.91 bits per heavy atom. The predicted molar refractivity (Wildman–Crippen MR) is 91.7 cm³/mol. The zero-order chi connectivity index (χ0) is 15.4. The number of benzene rings is 2. The van der Waals surface area contributed by atoms with Crippen molar-refractivity contribution in [1.29, 1.82) is 0 Å². The molecule has 5 heteroatoms. The van der Waals surface area contributed by atoms with Crippen molar-refractivity contribution < 1.29 is 4.79 Å². The largest absolute Gasteiger partial charge is 0.334 e. The van der Waals surface area contributed by atoms with Crippen LogP contribution in [0, 0.1) is 0 Å². The van der Waals surface area contributed by atoms with Gasteiger partial charge < -0.3 is 10.6 Å². The molecular formula is C17H14BrN3O. The smallest absolute Gasteiger partial charge is 0.319 e. The molecule has 22 heavy (non-hydrogen) atoms. The summed E-state index contributed by atoms with van der Waals surface area (Å²) in [6.07, 6.45) is 3.49. The second-order valence-electron chi connectivity index (χ2n) is 4.84. The maximum absolute atomic E-state index is 12.0. The van der Waals surface area contributed by atoms with E-state index in [0.717, 1.165) is 26.5 Å². The third kappa shape index (κ3) is 3.43. The molecule has 0 aliphatic rings. The molecule has 3 rings (SSSR count). The minimum Gasteiger partial charge on any atom is -0.334 e. The summed E-state index contributed by atoms with van der Waals surface area (Å²) in [6, 6.07) is 15.2. The van der Waals surface area contributed by atoms with Gasteiger partial charge in [0.2, 0.25) is 0 Å². The summed E-state index contributed by atoms with van der Waals surface area (Å²) in [4.78, 5) is 16.1. The van der Waals surface area contributed by atoms with Crippen LogP contribution in [-0.4, -0.2) is 11.0 Å². The number of nitrogens with zero attached hydrogens (tertiary/aromatic N) is 1. The van der Waals surface area contributed by atoms with E-state index in [-0.39, 0.29) is 6.03 Å². The van der Waals surface area contributed by atoms with Crippen molar-refractivity contribution >= 4 is 38.4 Å². The lowest BCUT2D eigenvalue weighted by Crippen LogP contribution is -2.28. The Morgan fingerprint density at radius 3 is 2.73 bits per heavy atom. The van der Waals surface area contributed by atoms with E-state index in [2.05, 4.69) is 31.5 Å². The summed E-state index contributed by atoms with van der Waals surface area (Å²) in [5, 5.41) is 7.69. The zero-order valence-corrected chi connectivity index (χ0v) is 13.3. The molecule has 0 spiro atoms. The third-order valence-corrected chi connectivity index (χ3v) is 3.82. The van der Waals surface area contributed by atoms with Gasteiger partial charge in [-0.1, -0.05) is 40.2 Å². The first-order valence-corrected chi connectivity index (χ1v) is 7.64. The van der Waals surface area contributed by atoms with Gasteiger partial charge in [-0.15, -0.1) is 0 Å². The molecule has 2 N–H and O–H groups in total. The number of rotatable bonds is 3. The number of anilines is 1. The zero-order valence-electron chi connectivity index (χ0n) is 11.7. The van der Waals surface area contributed by atoms with E-state index < -0.39 is 0 Å². The highest BCUT2D eigenvalue weighted by Gasteiger charge is 2.05.